The first-order valence-corrected chi connectivity index (χ1v) is 18.9. The number of rotatable bonds is 15. The van der Waals surface area contributed by atoms with Gasteiger partial charge in [-0.15, -0.1) is 0 Å². The van der Waals surface area contributed by atoms with Gasteiger partial charge in [-0.05, 0) is 78.8 Å². The second-order valence-electron chi connectivity index (χ2n) is 11.7. The van der Waals surface area contributed by atoms with E-state index < -0.39 is 30.1 Å². The Hall–Kier alpha value is -3.30. The molecule has 4 aromatic rings. The molecule has 0 N–H and O–H groups in total. The SMILES string of the molecule is COc1ccc(C(OCCCCO[P@@]2O[C@H](CS(=O)(=O)c3ccccc3)[C@@H]3CCCN32)(c2ccccc2)c2ccc(OC)cc2)cc1. The summed E-state index contributed by atoms with van der Waals surface area (Å²) in [7, 11) is -1.43. The van der Waals surface area contributed by atoms with E-state index in [1.165, 1.54) is 0 Å². The fourth-order valence-corrected chi connectivity index (χ4v) is 9.90. The maximum atomic E-state index is 13.1. The molecule has 0 unspecified atom stereocenters. The summed E-state index contributed by atoms with van der Waals surface area (Å²) in [6.07, 6.45) is 3.08. The van der Waals surface area contributed by atoms with Crippen LogP contribution in [0.2, 0.25) is 0 Å². The lowest BCUT2D eigenvalue weighted by atomic mass is 9.80. The van der Waals surface area contributed by atoms with Crippen LogP contribution < -0.4 is 9.47 Å². The third-order valence-corrected chi connectivity index (χ3v) is 12.4. The zero-order valence-corrected chi connectivity index (χ0v) is 28.6. The second kappa shape index (κ2) is 15.3. The summed E-state index contributed by atoms with van der Waals surface area (Å²) in [5, 5.41) is 0. The van der Waals surface area contributed by atoms with Crippen LogP contribution in [-0.4, -0.2) is 65.0 Å². The summed E-state index contributed by atoms with van der Waals surface area (Å²) in [5.41, 5.74) is 2.14. The maximum absolute atomic E-state index is 13.1. The standard InChI is InChI=1S/C37H42NO7PS/c1-41-32-21-17-30(18-22-32)37(29-12-5-3-6-13-29,31-19-23-33(42-2)24-20-31)43-26-9-10-27-44-46-38-25-11-16-35(38)36(45-46)28-47(39,40)34-14-7-4-8-15-34/h3-8,12-15,17-24,35-36H,9-11,16,25-28H2,1-2H3/t35-,36+,46-/m0/s1. The number of fused-ring (bicyclic) bond motifs is 1. The average Bonchev–Trinajstić information content (AvgIpc) is 3.73. The topological polar surface area (TPSA) is 83.5 Å². The molecule has 0 bridgehead atoms. The molecule has 0 radical (unpaired) electrons. The van der Waals surface area contributed by atoms with E-state index in [-0.39, 0.29) is 11.8 Å². The summed E-state index contributed by atoms with van der Waals surface area (Å²) in [4.78, 5) is 0.334. The summed E-state index contributed by atoms with van der Waals surface area (Å²) >= 11 is 0. The van der Waals surface area contributed by atoms with Crippen molar-refractivity contribution in [1.29, 1.82) is 0 Å². The zero-order valence-electron chi connectivity index (χ0n) is 26.9. The highest BCUT2D eigenvalue weighted by atomic mass is 32.2. The van der Waals surface area contributed by atoms with Gasteiger partial charge >= 0.3 is 0 Å². The Morgan fingerprint density at radius 3 is 1.91 bits per heavy atom. The lowest BCUT2D eigenvalue weighted by molar-refractivity contribution is 0.00954. The van der Waals surface area contributed by atoms with Gasteiger partial charge in [0.1, 0.15) is 17.1 Å². The zero-order chi connectivity index (χ0) is 32.7. The number of hydrogen-bond acceptors (Lipinski definition) is 8. The first kappa shape index (κ1) is 33.6. The monoisotopic (exact) mass is 675 g/mol. The first-order valence-electron chi connectivity index (χ1n) is 16.1. The largest absolute Gasteiger partial charge is 0.497 e. The van der Waals surface area contributed by atoms with Crippen molar-refractivity contribution in [1.82, 2.24) is 4.67 Å². The molecular formula is C37H42NO7PS. The highest BCUT2D eigenvalue weighted by Crippen LogP contribution is 2.56. The minimum Gasteiger partial charge on any atom is -0.497 e. The Morgan fingerprint density at radius 2 is 1.32 bits per heavy atom. The van der Waals surface area contributed by atoms with E-state index in [0.29, 0.717) is 18.1 Å². The number of nitrogens with zero attached hydrogens (tertiary/aromatic N) is 1. The Bertz CT molecular complexity index is 1620. The number of unbranched alkanes of at least 4 members (excludes halogenated alkanes) is 1. The van der Waals surface area contributed by atoms with Crippen LogP contribution in [0, 0.1) is 0 Å². The van der Waals surface area contributed by atoms with E-state index in [9.17, 15) is 8.42 Å². The number of ether oxygens (including phenoxy) is 3. The third-order valence-electron chi connectivity index (χ3n) is 8.85. The van der Waals surface area contributed by atoms with Gasteiger partial charge in [0.2, 0.25) is 0 Å². The van der Waals surface area contributed by atoms with Crippen LogP contribution in [0.25, 0.3) is 0 Å². The highest BCUT2D eigenvalue weighted by molar-refractivity contribution is 7.91. The molecule has 2 aliphatic heterocycles. The predicted molar refractivity (Wildman–Crippen MR) is 183 cm³/mol. The van der Waals surface area contributed by atoms with Crippen molar-refractivity contribution in [2.75, 3.05) is 39.7 Å². The van der Waals surface area contributed by atoms with Crippen molar-refractivity contribution in [3.8, 4) is 11.5 Å². The van der Waals surface area contributed by atoms with Gasteiger partial charge < -0.3 is 23.3 Å². The van der Waals surface area contributed by atoms with E-state index in [4.69, 9.17) is 23.3 Å². The molecule has 47 heavy (non-hydrogen) atoms. The summed E-state index contributed by atoms with van der Waals surface area (Å²) in [6, 6.07) is 35.0. The van der Waals surface area contributed by atoms with Gasteiger partial charge in [-0.25, -0.2) is 13.1 Å². The van der Waals surface area contributed by atoms with Gasteiger partial charge in [-0.3, -0.25) is 0 Å². The quantitative estimate of drug-likeness (QED) is 0.0734. The maximum Gasteiger partial charge on any atom is 0.259 e. The fourth-order valence-electron chi connectivity index (χ4n) is 6.44. The molecule has 2 aliphatic rings. The molecule has 10 heteroatoms. The van der Waals surface area contributed by atoms with Crippen molar-refractivity contribution in [2.24, 2.45) is 0 Å². The summed E-state index contributed by atoms with van der Waals surface area (Å²) < 4.78 is 58.9. The lowest BCUT2D eigenvalue weighted by Gasteiger charge is -2.36. The number of sulfone groups is 1. The molecule has 4 aromatic carbocycles. The average molecular weight is 676 g/mol. The van der Waals surface area contributed by atoms with E-state index in [1.54, 1.807) is 38.5 Å². The minimum atomic E-state index is -3.46. The van der Waals surface area contributed by atoms with E-state index in [2.05, 4.69) is 41.1 Å². The van der Waals surface area contributed by atoms with E-state index in [0.717, 1.165) is 60.4 Å². The molecule has 248 valence electrons. The highest BCUT2D eigenvalue weighted by Gasteiger charge is 2.48. The molecule has 0 aliphatic carbocycles. The predicted octanol–water partition coefficient (Wildman–Crippen LogP) is 7.37. The molecule has 2 fully saturated rings. The first-order chi connectivity index (χ1) is 22.9. The van der Waals surface area contributed by atoms with E-state index in [1.807, 2.05) is 48.5 Å². The van der Waals surface area contributed by atoms with Crippen LogP contribution in [0.5, 0.6) is 11.5 Å². The van der Waals surface area contributed by atoms with Crippen molar-refractivity contribution in [3.63, 3.8) is 0 Å². The fraction of sp³-hybridized carbons (Fsp3) is 0.351. The van der Waals surface area contributed by atoms with Crippen LogP contribution in [0.1, 0.15) is 42.4 Å². The molecule has 0 aromatic heterocycles. The van der Waals surface area contributed by atoms with Crippen LogP contribution in [-0.2, 0) is 29.2 Å². The van der Waals surface area contributed by atoms with Crippen LogP contribution in [0.15, 0.2) is 114 Å². The van der Waals surface area contributed by atoms with Crippen LogP contribution >= 0.6 is 8.53 Å². The smallest absolute Gasteiger partial charge is 0.259 e. The van der Waals surface area contributed by atoms with Crippen LogP contribution in [0.3, 0.4) is 0 Å². The molecule has 3 atom stereocenters. The Labute approximate surface area is 279 Å². The molecule has 2 heterocycles. The molecule has 8 nitrogen and oxygen atoms in total. The van der Waals surface area contributed by atoms with Gasteiger partial charge in [0.15, 0.2) is 9.84 Å². The molecule has 6 rings (SSSR count). The van der Waals surface area contributed by atoms with Gasteiger partial charge in [0, 0.05) is 19.2 Å². The summed E-state index contributed by atoms with van der Waals surface area (Å²) in [5.74, 6) is 1.52. The molecular weight excluding hydrogens is 633 g/mol. The Morgan fingerprint density at radius 1 is 0.766 bits per heavy atom. The van der Waals surface area contributed by atoms with Crippen molar-refractivity contribution in [2.45, 2.75) is 48.3 Å². The second-order valence-corrected chi connectivity index (χ2v) is 15.2. The summed E-state index contributed by atoms with van der Waals surface area (Å²) in [6.45, 7) is 1.85. The third kappa shape index (κ3) is 7.41. The van der Waals surface area contributed by atoms with Crippen molar-refractivity contribution < 1.29 is 31.7 Å². The molecule has 2 saturated heterocycles. The Balaban J connectivity index is 1.12. The molecule has 0 saturated carbocycles. The lowest BCUT2D eigenvalue weighted by Crippen LogP contribution is -2.33. The van der Waals surface area contributed by atoms with Crippen molar-refractivity contribution >= 4 is 18.4 Å². The number of hydrogen-bond donors (Lipinski definition) is 0. The van der Waals surface area contributed by atoms with Crippen molar-refractivity contribution in [3.05, 3.63) is 126 Å². The number of benzene rings is 4. The molecule has 0 spiro atoms. The van der Waals surface area contributed by atoms with Gasteiger partial charge in [-0.2, -0.15) is 0 Å². The normalized spacial score (nSPS) is 19.8. The van der Waals surface area contributed by atoms with E-state index >= 15 is 0 Å². The molecule has 0 amide bonds. The van der Waals surface area contributed by atoms with Gasteiger partial charge in [0.25, 0.3) is 8.53 Å². The van der Waals surface area contributed by atoms with Gasteiger partial charge in [0.05, 0.1) is 37.6 Å². The van der Waals surface area contributed by atoms with Crippen LogP contribution in [0.4, 0.5) is 0 Å². The Kier molecular flexibility index (Phi) is 10.9. The van der Waals surface area contributed by atoms with Gasteiger partial charge in [-0.1, -0.05) is 72.8 Å². The minimum absolute atomic E-state index is 0.0352. The number of methoxy groups -OCH3 is 2.